The van der Waals surface area contributed by atoms with Gasteiger partial charge in [0.05, 0.1) is 0 Å². The van der Waals surface area contributed by atoms with Gasteiger partial charge in [-0.25, -0.2) is 9.97 Å². The Hall–Kier alpha value is -2.76. The van der Waals surface area contributed by atoms with Gasteiger partial charge in [-0.15, -0.1) is 0 Å². The van der Waals surface area contributed by atoms with Crippen molar-refractivity contribution in [2.24, 2.45) is 5.92 Å². The number of rotatable bonds is 4. The molecule has 4 heterocycles. The fourth-order valence-corrected chi connectivity index (χ4v) is 3.41. The lowest BCUT2D eigenvalue weighted by molar-refractivity contribution is 0.399. The minimum Gasteiger partial charge on any atom is -0.356 e. The van der Waals surface area contributed by atoms with Crippen LogP contribution in [0.15, 0.2) is 42.9 Å². The number of nitrogens with zero attached hydrogens (tertiary/aromatic N) is 5. The molecule has 6 heteroatoms. The molecule has 1 aliphatic rings. The lowest BCUT2D eigenvalue weighted by Crippen LogP contribution is -2.35. The molecule has 0 aliphatic carbocycles. The number of aromatic amines is 1. The standard InChI is InChI=1S/C19H22N6/c1-14-11-18(23-19(22-14)16-3-2-7-20-13-16)25-9-5-15(6-10-25)12-17-4-8-21-24-17/h2-4,7-8,11,13,15H,5-6,9-10,12H2,1H3,(H,21,24). The fourth-order valence-electron chi connectivity index (χ4n) is 3.41. The largest absolute Gasteiger partial charge is 0.356 e. The van der Waals surface area contributed by atoms with E-state index in [1.54, 1.807) is 6.20 Å². The van der Waals surface area contributed by atoms with Crippen molar-refractivity contribution in [1.82, 2.24) is 25.1 Å². The maximum atomic E-state index is 4.79. The summed E-state index contributed by atoms with van der Waals surface area (Å²) in [5, 5.41) is 7.11. The Morgan fingerprint density at radius 1 is 1.16 bits per heavy atom. The Balaban J connectivity index is 1.47. The molecule has 1 aliphatic heterocycles. The van der Waals surface area contributed by atoms with E-state index in [9.17, 15) is 0 Å². The molecule has 6 nitrogen and oxygen atoms in total. The van der Waals surface area contributed by atoms with Crippen molar-refractivity contribution in [3.63, 3.8) is 0 Å². The molecule has 1 N–H and O–H groups in total. The zero-order chi connectivity index (χ0) is 17.1. The van der Waals surface area contributed by atoms with Crippen LogP contribution >= 0.6 is 0 Å². The molecule has 128 valence electrons. The second kappa shape index (κ2) is 7.01. The fraction of sp³-hybridized carbons (Fsp3) is 0.368. The minimum absolute atomic E-state index is 0.706. The quantitative estimate of drug-likeness (QED) is 0.794. The summed E-state index contributed by atoms with van der Waals surface area (Å²) in [6.45, 7) is 4.08. The Kier molecular flexibility index (Phi) is 4.41. The molecule has 0 aromatic carbocycles. The van der Waals surface area contributed by atoms with Gasteiger partial charge in [0.25, 0.3) is 0 Å². The average Bonchev–Trinajstić information content (AvgIpc) is 3.16. The van der Waals surface area contributed by atoms with Crippen LogP contribution in [0.3, 0.4) is 0 Å². The molecule has 0 spiro atoms. The van der Waals surface area contributed by atoms with Gasteiger partial charge in [-0.05, 0) is 50.3 Å². The molecule has 0 atom stereocenters. The van der Waals surface area contributed by atoms with Gasteiger partial charge in [0.15, 0.2) is 5.82 Å². The Morgan fingerprint density at radius 3 is 2.76 bits per heavy atom. The number of hydrogen-bond acceptors (Lipinski definition) is 5. The Labute approximate surface area is 147 Å². The maximum absolute atomic E-state index is 4.79. The number of pyridine rings is 1. The van der Waals surface area contributed by atoms with Crippen LogP contribution in [0.4, 0.5) is 5.82 Å². The number of piperidine rings is 1. The Morgan fingerprint density at radius 2 is 2.04 bits per heavy atom. The highest BCUT2D eigenvalue weighted by Crippen LogP contribution is 2.26. The van der Waals surface area contributed by atoms with E-state index in [-0.39, 0.29) is 0 Å². The van der Waals surface area contributed by atoms with Crippen molar-refractivity contribution < 1.29 is 0 Å². The normalized spacial score (nSPS) is 15.5. The van der Waals surface area contributed by atoms with Gasteiger partial charge in [0, 0.05) is 54.7 Å². The molecule has 0 bridgehead atoms. The number of hydrogen-bond donors (Lipinski definition) is 1. The first-order chi connectivity index (χ1) is 12.3. The van der Waals surface area contributed by atoms with Crippen LogP contribution in [0, 0.1) is 12.8 Å². The summed E-state index contributed by atoms with van der Waals surface area (Å²) in [6.07, 6.45) is 8.83. The van der Waals surface area contributed by atoms with Crippen molar-refractivity contribution in [3.8, 4) is 11.4 Å². The summed E-state index contributed by atoms with van der Waals surface area (Å²) in [5.41, 5.74) is 3.18. The molecule has 3 aromatic heterocycles. The molecule has 0 unspecified atom stereocenters. The second-order valence-corrected chi connectivity index (χ2v) is 6.65. The van der Waals surface area contributed by atoms with Gasteiger partial charge >= 0.3 is 0 Å². The van der Waals surface area contributed by atoms with Crippen LogP contribution < -0.4 is 4.90 Å². The average molecular weight is 334 g/mol. The van der Waals surface area contributed by atoms with Crippen LogP contribution in [-0.2, 0) is 6.42 Å². The second-order valence-electron chi connectivity index (χ2n) is 6.65. The van der Waals surface area contributed by atoms with Crippen molar-refractivity contribution >= 4 is 5.82 Å². The molecule has 0 amide bonds. The molecule has 25 heavy (non-hydrogen) atoms. The SMILES string of the molecule is Cc1cc(N2CCC(Cc3ccn[nH]3)CC2)nc(-c2cccnc2)n1. The van der Waals surface area contributed by atoms with Gasteiger partial charge in [0.1, 0.15) is 5.82 Å². The maximum Gasteiger partial charge on any atom is 0.163 e. The summed E-state index contributed by atoms with van der Waals surface area (Å²) >= 11 is 0. The van der Waals surface area contributed by atoms with Crippen LogP contribution in [0.2, 0.25) is 0 Å². The Bertz CT molecular complexity index is 807. The van der Waals surface area contributed by atoms with E-state index < -0.39 is 0 Å². The highest BCUT2D eigenvalue weighted by molar-refractivity contribution is 5.56. The topological polar surface area (TPSA) is 70.6 Å². The monoisotopic (exact) mass is 334 g/mol. The summed E-state index contributed by atoms with van der Waals surface area (Å²) < 4.78 is 0. The van der Waals surface area contributed by atoms with E-state index in [2.05, 4.69) is 37.2 Å². The highest BCUT2D eigenvalue weighted by atomic mass is 15.2. The van der Waals surface area contributed by atoms with Crippen LogP contribution in [0.25, 0.3) is 11.4 Å². The number of aryl methyl sites for hydroxylation is 1. The van der Waals surface area contributed by atoms with E-state index in [0.717, 1.165) is 42.4 Å². The smallest absolute Gasteiger partial charge is 0.163 e. The number of anilines is 1. The van der Waals surface area contributed by atoms with E-state index in [4.69, 9.17) is 4.98 Å². The highest BCUT2D eigenvalue weighted by Gasteiger charge is 2.21. The van der Waals surface area contributed by atoms with Gasteiger partial charge in [-0.1, -0.05) is 0 Å². The zero-order valence-corrected chi connectivity index (χ0v) is 14.4. The lowest BCUT2D eigenvalue weighted by Gasteiger charge is -2.33. The van der Waals surface area contributed by atoms with Crippen LogP contribution in [-0.4, -0.2) is 38.2 Å². The first kappa shape index (κ1) is 15.7. The van der Waals surface area contributed by atoms with Crippen molar-refractivity contribution in [1.29, 1.82) is 0 Å². The number of nitrogens with one attached hydrogen (secondary N) is 1. The summed E-state index contributed by atoms with van der Waals surface area (Å²) in [5.74, 6) is 2.48. The summed E-state index contributed by atoms with van der Waals surface area (Å²) in [4.78, 5) is 15.9. The van der Waals surface area contributed by atoms with Crippen molar-refractivity contribution in [2.45, 2.75) is 26.2 Å². The van der Waals surface area contributed by atoms with Gasteiger partial charge in [-0.3, -0.25) is 10.1 Å². The first-order valence-electron chi connectivity index (χ1n) is 8.77. The molecular weight excluding hydrogens is 312 g/mol. The van der Waals surface area contributed by atoms with Gasteiger partial charge in [-0.2, -0.15) is 5.10 Å². The number of H-pyrrole nitrogens is 1. The van der Waals surface area contributed by atoms with E-state index in [1.807, 2.05) is 31.5 Å². The molecule has 1 saturated heterocycles. The minimum atomic E-state index is 0.706. The third kappa shape index (κ3) is 3.68. The number of aromatic nitrogens is 5. The third-order valence-corrected chi connectivity index (χ3v) is 4.77. The predicted molar refractivity (Wildman–Crippen MR) is 97.2 cm³/mol. The molecule has 1 fully saturated rings. The predicted octanol–water partition coefficient (Wildman–Crippen LogP) is 3.03. The zero-order valence-electron chi connectivity index (χ0n) is 14.4. The summed E-state index contributed by atoms with van der Waals surface area (Å²) in [7, 11) is 0. The molecular formula is C19H22N6. The lowest BCUT2D eigenvalue weighted by atomic mass is 9.92. The van der Waals surface area contributed by atoms with E-state index >= 15 is 0 Å². The molecule has 4 rings (SSSR count). The van der Waals surface area contributed by atoms with E-state index in [1.165, 1.54) is 18.5 Å². The van der Waals surface area contributed by atoms with Gasteiger partial charge in [0.2, 0.25) is 0 Å². The molecule has 0 radical (unpaired) electrons. The first-order valence-corrected chi connectivity index (χ1v) is 8.77. The van der Waals surface area contributed by atoms with Gasteiger partial charge < -0.3 is 4.90 Å². The van der Waals surface area contributed by atoms with Crippen molar-refractivity contribution in [2.75, 3.05) is 18.0 Å². The third-order valence-electron chi connectivity index (χ3n) is 4.77. The van der Waals surface area contributed by atoms with Crippen molar-refractivity contribution in [3.05, 3.63) is 54.2 Å². The molecule has 0 saturated carbocycles. The van der Waals surface area contributed by atoms with Crippen LogP contribution in [0.5, 0.6) is 0 Å². The summed E-state index contributed by atoms with van der Waals surface area (Å²) in [6, 6.07) is 8.07. The molecule has 3 aromatic rings. The van der Waals surface area contributed by atoms with E-state index in [0.29, 0.717) is 5.92 Å². The van der Waals surface area contributed by atoms with Crippen LogP contribution in [0.1, 0.15) is 24.2 Å².